The van der Waals surface area contributed by atoms with Crippen molar-refractivity contribution < 1.29 is 0 Å². The molecule has 0 aliphatic heterocycles. The lowest BCUT2D eigenvalue weighted by atomic mass is 10.1. The summed E-state index contributed by atoms with van der Waals surface area (Å²) in [7, 11) is 0. The van der Waals surface area contributed by atoms with Crippen molar-refractivity contribution in [2.45, 2.75) is 27.7 Å². The Hall–Kier alpha value is -4.96. The van der Waals surface area contributed by atoms with Crippen LogP contribution in [0.5, 0.6) is 0 Å². The average Bonchev–Trinajstić information content (AvgIpc) is 2.99. The van der Waals surface area contributed by atoms with E-state index in [9.17, 15) is 0 Å². The van der Waals surface area contributed by atoms with Gasteiger partial charge < -0.3 is 0 Å². The molecule has 0 aliphatic rings. The molecule has 4 aromatic heterocycles. The lowest BCUT2D eigenvalue weighted by molar-refractivity contribution is 1.20. The van der Waals surface area contributed by atoms with Crippen LogP contribution in [0.1, 0.15) is 22.8 Å². The number of pyridine rings is 4. The van der Waals surface area contributed by atoms with Crippen LogP contribution in [0.4, 0.5) is 0 Å². The van der Waals surface area contributed by atoms with Crippen LogP contribution in [0.3, 0.4) is 0 Å². The molecule has 0 N–H and O–H groups in total. The van der Waals surface area contributed by atoms with Gasteiger partial charge in [-0.3, -0.25) is 19.9 Å². The largest absolute Gasteiger partial charge is 0.262 e. The van der Waals surface area contributed by atoms with Crippen LogP contribution in [-0.2, 0) is 0 Å². The Morgan fingerprint density at radius 2 is 1.10 bits per heavy atom. The van der Waals surface area contributed by atoms with Gasteiger partial charge in [-0.25, -0.2) is 0 Å². The predicted molar refractivity (Wildman–Crippen MR) is 168 cm³/mol. The topological polar surface area (TPSA) is 51.6 Å². The van der Waals surface area contributed by atoms with Crippen molar-refractivity contribution in [1.29, 1.82) is 0 Å². The number of fused-ring (bicyclic) bond motifs is 3. The van der Waals surface area contributed by atoms with Crippen LogP contribution < -0.4 is 0 Å². The van der Waals surface area contributed by atoms with Crippen LogP contribution in [-0.4, -0.2) is 19.9 Å². The summed E-state index contributed by atoms with van der Waals surface area (Å²) >= 11 is 0. The maximum absolute atomic E-state index is 4.38. The monoisotopic (exact) mass is 522 g/mol. The number of hydrogen-bond acceptors (Lipinski definition) is 4. The summed E-state index contributed by atoms with van der Waals surface area (Å²) in [5.74, 6) is 0. The third-order valence-corrected chi connectivity index (χ3v) is 6.19. The highest BCUT2D eigenvalue weighted by Crippen LogP contribution is 2.15. The van der Waals surface area contributed by atoms with E-state index >= 15 is 0 Å². The Kier molecular flexibility index (Phi) is 10.0. The molecular formula is C36H34N4. The molecule has 0 fully saturated rings. The smallest absolute Gasteiger partial charge is 0.0705 e. The number of rotatable bonds is 0. The first-order valence-electron chi connectivity index (χ1n) is 13.3. The van der Waals surface area contributed by atoms with Gasteiger partial charge in [0.2, 0.25) is 0 Å². The van der Waals surface area contributed by atoms with Gasteiger partial charge in [-0.2, -0.15) is 0 Å². The molecule has 4 heteroatoms. The molecule has 0 aliphatic carbocycles. The van der Waals surface area contributed by atoms with E-state index in [-0.39, 0.29) is 0 Å². The van der Waals surface area contributed by atoms with Crippen molar-refractivity contribution in [3.63, 3.8) is 0 Å². The fourth-order valence-electron chi connectivity index (χ4n) is 4.08. The van der Waals surface area contributed by atoms with E-state index in [2.05, 4.69) is 62.4 Å². The van der Waals surface area contributed by atoms with Gasteiger partial charge in [0.15, 0.2) is 0 Å². The molecule has 7 rings (SSSR count). The van der Waals surface area contributed by atoms with E-state index in [0.29, 0.717) is 0 Å². The van der Waals surface area contributed by atoms with Gasteiger partial charge in [0.05, 0.1) is 5.52 Å². The first-order chi connectivity index (χ1) is 19.5. The van der Waals surface area contributed by atoms with Gasteiger partial charge in [0.25, 0.3) is 0 Å². The molecule has 0 saturated heterocycles. The van der Waals surface area contributed by atoms with Gasteiger partial charge in [-0.15, -0.1) is 0 Å². The molecule has 4 nitrogen and oxygen atoms in total. The van der Waals surface area contributed by atoms with E-state index in [4.69, 9.17) is 0 Å². The Morgan fingerprint density at radius 3 is 1.80 bits per heavy atom. The number of aryl methyl sites for hydroxylation is 4. The van der Waals surface area contributed by atoms with E-state index in [1.165, 1.54) is 26.9 Å². The zero-order chi connectivity index (χ0) is 28.2. The molecular weight excluding hydrogens is 488 g/mol. The van der Waals surface area contributed by atoms with Gasteiger partial charge >= 0.3 is 0 Å². The van der Waals surface area contributed by atoms with Crippen LogP contribution in [0.15, 0.2) is 134 Å². The minimum atomic E-state index is 1.07. The highest BCUT2D eigenvalue weighted by Gasteiger charge is 1.94. The molecule has 0 radical (unpaired) electrons. The van der Waals surface area contributed by atoms with E-state index < -0.39 is 0 Å². The molecule has 0 bridgehead atoms. The molecule has 3 aromatic carbocycles. The predicted octanol–water partition coefficient (Wildman–Crippen LogP) is 9.02. The average molecular weight is 523 g/mol. The summed E-state index contributed by atoms with van der Waals surface area (Å²) < 4.78 is 0. The molecule has 198 valence electrons. The Balaban J connectivity index is 0.000000125. The maximum atomic E-state index is 4.38. The van der Waals surface area contributed by atoms with Crippen molar-refractivity contribution in [2.24, 2.45) is 0 Å². The minimum Gasteiger partial charge on any atom is -0.262 e. The van der Waals surface area contributed by atoms with Crippen molar-refractivity contribution in [3.05, 3.63) is 157 Å². The van der Waals surface area contributed by atoms with Gasteiger partial charge in [0, 0.05) is 57.5 Å². The lowest BCUT2D eigenvalue weighted by Gasteiger charge is -1.97. The van der Waals surface area contributed by atoms with Crippen LogP contribution in [0, 0.1) is 27.7 Å². The van der Waals surface area contributed by atoms with Crippen molar-refractivity contribution in [2.75, 3.05) is 0 Å². The quantitative estimate of drug-likeness (QED) is 0.199. The molecule has 4 heterocycles. The number of para-hydroxylation sites is 1. The van der Waals surface area contributed by atoms with Gasteiger partial charge in [0.1, 0.15) is 0 Å². The normalized spacial score (nSPS) is 10.0. The third kappa shape index (κ3) is 8.27. The molecule has 0 spiro atoms. The summed E-state index contributed by atoms with van der Waals surface area (Å²) in [5.41, 5.74) is 5.39. The Labute approximate surface area is 236 Å². The first-order valence-corrected chi connectivity index (χ1v) is 13.3. The van der Waals surface area contributed by atoms with Crippen LogP contribution in [0.2, 0.25) is 0 Å². The summed E-state index contributed by atoms with van der Waals surface area (Å²) in [6.45, 7) is 8.02. The summed E-state index contributed by atoms with van der Waals surface area (Å²) in [4.78, 5) is 16.8. The minimum absolute atomic E-state index is 1.07. The first kappa shape index (κ1) is 28.1. The van der Waals surface area contributed by atoms with Crippen molar-refractivity contribution in [1.82, 2.24) is 19.9 Å². The van der Waals surface area contributed by atoms with Gasteiger partial charge in [-0.05, 0) is 74.9 Å². The fraction of sp³-hybridized carbons (Fsp3) is 0.111. The fourth-order valence-corrected chi connectivity index (χ4v) is 4.08. The van der Waals surface area contributed by atoms with Crippen molar-refractivity contribution in [3.8, 4) is 0 Å². The zero-order valence-corrected chi connectivity index (χ0v) is 23.5. The van der Waals surface area contributed by atoms with E-state index in [1.807, 2.05) is 113 Å². The lowest BCUT2D eigenvalue weighted by Crippen LogP contribution is -1.80. The summed E-state index contributed by atoms with van der Waals surface area (Å²) in [6, 6.07) is 38.8. The number of nitrogens with zero attached hydrogens (tertiary/aromatic N) is 4. The van der Waals surface area contributed by atoms with E-state index in [1.54, 1.807) is 6.20 Å². The summed E-state index contributed by atoms with van der Waals surface area (Å²) in [5, 5.41) is 6.19. The molecule has 0 atom stereocenters. The highest BCUT2D eigenvalue weighted by atomic mass is 14.7. The van der Waals surface area contributed by atoms with Crippen LogP contribution >= 0.6 is 0 Å². The molecule has 7 aromatic rings. The van der Waals surface area contributed by atoms with Gasteiger partial charge in [-0.1, -0.05) is 78.9 Å². The second kappa shape index (κ2) is 14.3. The Morgan fingerprint density at radius 1 is 0.425 bits per heavy atom. The number of hydrogen-bond donors (Lipinski definition) is 0. The molecule has 0 unspecified atom stereocenters. The standard InChI is InChI=1S/3C10H9N.C6H7N/c1-8-6-9-4-2-3-5-10(9)7-11-8;1-8-10-5-3-2-4-9(10)6-7-11-8;1-8-6-7-9-4-2-3-5-10(9)11-8;1-6-4-2-3-5-7-6/h3*2-7H,1H3;2-5H,1H3. The maximum Gasteiger partial charge on any atom is 0.0705 e. The van der Waals surface area contributed by atoms with E-state index in [0.717, 1.165) is 28.3 Å². The second-order valence-electron chi connectivity index (χ2n) is 9.41. The third-order valence-electron chi connectivity index (χ3n) is 6.19. The summed E-state index contributed by atoms with van der Waals surface area (Å²) in [6.07, 6.45) is 5.54. The number of benzene rings is 3. The Bertz CT molecular complexity index is 1700. The zero-order valence-electron chi connectivity index (χ0n) is 23.5. The molecule has 40 heavy (non-hydrogen) atoms. The van der Waals surface area contributed by atoms with Crippen molar-refractivity contribution >= 4 is 32.4 Å². The number of aromatic nitrogens is 4. The molecule has 0 saturated carbocycles. The second-order valence-corrected chi connectivity index (χ2v) is 9.41. The highest BCUT2D eigenvalue weighted by molar-refractivity contribution is 5.84. The van der Waals surface area contributed by atoms with Crippen LogP contribution in [0.25, 0.3) is 32.4 Å². The SMILES string of the molecule is Cc1cc2ccccc2cn1.Cc1ccc2ccccc2n1.Cc1ccccn1.Cc1nccc2ccccc12. The molecule has 0 amide bonds.